The van der Waals surface area contributed by atoms with Gasteiger partial charge in [0.1, 0.15) is 5.82 Å². The zero-order chi connectivity index (χ0) is 14.7. The fourth-order valence-electron chi connectivity index (χ4n) is 2.96. The third kappa shape index (κ3) is 3.40. The fourth-order valence-corrected chi connectivity index (χ4v) is 3.37. The second kappa shape index (κ2) is 6.70. The maximum absolute atomic E-state index is 13.3. The molecule has 4 heteroatoms. The van der Waals surface area contributed by atoms with Crippen LogP contribution in [0.5, 0.6) is 0 Å². The van der Waals surface area contributed by atoms with Gasteiger partial charge >= 0.3 is 0 Å². The van der Waals surface area contributed by atoms with Crippen LogP contribution < -0.4 is 0 Å². The first-order valence-electron chi connectivity index (χ1n) is 7.25. The van der Waals surface area contributed by atoms with E-state index in [0.717, 1.165) is 18.8 Å². The molecule has 0 spiro atoms. The number of carbonyl (C=O) groups is 1. The maximum Gasteiger partial charge on any atom is 0.255 e. The first-order valence-corrected chi connectivity index (χ1v) is 8.04. The molecule has 0 atom stereocenters. The third-order valence-corrected chi connectivity index (χ3v) is 5.11. The summed E-state index contributed by atoms with van der Waals surface area (Å²) in [5.41, 5.74) is 0.408. The predicted molar refractivity (Wildman–Crippen MR) is 82.2 cm³/mol. The lowest BCUT2D eigenvalue weighted by molar-refractivity contribution is 0.0673. The Hall–Kier alpha value is -0.900. The summed E-state index contributed by atoms with van der Waals surface area (Å²) in [6, 6.07) is 4.53. The molecule has 0 aliphatic heterocycles. The van der Waals surface area contributed by atoms with Gasteiger partial charge < -0.3 is 4.90 Å². The monoisotopic (exact) mass is 341 g/mol. The molecule has 2 nitrogen and oxygen atoms in total. The standard InChI is InChI=1S/C16H21BrFNO/c1-3-11-4-7-13(8-5-11)19(2)16(20)14-10-12(18)6-9-15(14)17/h6,9-11,13H,3-5,7-8H2,1-2H3. The Balaban J connectivity index is 2.07. The molecule has 0 saturated heterocycles. The first kappa shape index (κ1) is 15.5. The summed E-state index contributed by atoms with van der Waals surface area (Å²) in [4.78, 5) is 14.3. The molecule has 0 radical (unpaired) electrons. The normalized spacial score (nSPS) is 22.6. The van der Waals surface area contributed by atoms with Gasteiger partial charge in [-0.15, -0.1) is 0 Å². The van der Waals surface area contributed by atoms with Crippen LogP contribution in [0.2, 0.25) is 0 Å². The topological polar surface area (TPSA) is 20.3 Å². The Labute approximate surface area is 128 Å². The van der Waals surface area contributed by atoms with Crippen molar-refractivity contribution in [3.63, 3.8) is 0 Å². The molecule has 20 heavy (non-hydrogen) atoms. The van der Waals surface area contributed by atoms with Gasteiger partial charge in [0, 0.05) is 17.6 Å². The van der Waals surface area contributed by atoms with Gasteiger partial charge in [0.05, 0.1) is 5.56 Å². The highest BCUT2D eigenvalue weighted by atomic mass is 79.9. The Morgan fingerprint density at radius 2 is 2.00 bits per heavy atom. The zero-order valence-corrected chi connectivity index (χ0v) is 13.6. The lowest BCUT2D eigenvalue weighted by Crippen LogP contribution is -2.39. The zero-order valence-electron chi connectivity index (χ0n) is 12.0. The highest BCUT2D eigenvalue weighted by molar-refractivity contribution is 9.10. The van der Waals surface area contributed by atoms with Gasteiger partial charge in [-0.3, -0.25) is 4.79 Å². The Morgan fingerprint density at radius 1 is 1.35 bits per heavy atom. The molecule has 0 N–H and O–H groups in total. The average Bonchev–Trinajstić information content (AvgIpc) is 2.48. The van der Waals surface area contributed by atoms with Gasteiger partial charge in [0.25, 0.3) is 5.91 Å². The van der Waals surface area contributed by atoms with E-state index in [0.29, 0.717) is 10.0 Å². The van der Waals surface area contributed by atoms with E-state index in [2.05, 4.69) is 22.9 Å². The molecule has 1 aliphatic rings. The van der Waals surface area contributed by atoms with Crippen molar-refractivity contribution in [2.45, 2.75) is 45.1 Å². The highest BCUT2D eigenvalue weighted by Crippen LogP contribution is 2.30. The molecule has 0 heterocycles. The summed E-state index contributed by atoms with van der Waals surface area (Å²) in [5.74, 6) is 0.326. The highest BCUT2D eigenvalue weighted by Gasteiger charge is 2.27. The van der Waals surface area contributed by atoms with E-state index in [9.17, 15) is 9.18 Å². The number of nitrogens with zero attached hydrogens (tertiary/aromatic N) is 1. The van der Waals surface area contributed by atoms with Crippen LogP contribution in [0.3, 0.4) is 0 Å². The third-order valence-electron chi connectivity index (χ3n) is 4.42. The van der Waals surface area contributed by atoms with Crippen LogP contribution in [0.25, 0.3) is 0 Å². The molecule has 0 unspecified atom stereocenters. The summed E-state index contributed by atoms with van der Waals surface area (Å²) in [7, 11) is 1.83. The van der Waals surface area contributed by atoms with Crippen LogP contribution in [0.15, 0.2) is 22.7 Å². The van der Waals surface area contributed by atoms with Crippen LogP contribution in [-0.2, 0) is 0 Å². The molecule has 1 saturated carbocycles. The van der Waals surface area contributed by atoms with E-state index in [1.165, 1.54) is 31.4 Å². The molecule has 1 aromatic carbocycles. The fraction of sp³-hybridized carbons (Fsp3) is 0.562. The quantitative estimate of drug-likeness (QED) is 0.784. The molecular weight excluding hydrogens is 321 g/mol. The number of hydrogen-bond donors (Lipinski definition) is 0. The van der Waals surface area contributed by atoms with Gasteiger partial charge in [-0.05, 0) is 65.7 Å². The molecule has 1 amide bonds. The van der Waals surface area contributed by atoms with Gasteiger partial charge in [0.15, 0.2) is 0 Å². The van der Waals surface area contributed by atoms with Crippen molar-refractivity contribution in [2.24, 2.45) is 5.92 Å². The lowest BCUT2D eigenvalue weighted by Gasteiger charge is -2.34. The summed E-state index contributed by atoms with van der Waals surface area (Å²) < 4.78 is 14.0. The van der Waals surface area contributed by atoms with E-state index >= 15 is 0 Å². The van der Waals surface area contributed by atoms with E-state index in [1.807, 2.05) is 7.05 Å². The van der Waals surface area contributed by atoms with Crippen molar-refractivity contribution in [3.8, 4) is 0 Å². The summed E-state index contributed by atoms with van der Waals surface area (Å²) in [6.07, 6.45) is 5.69. The molecule has 1 aromatic rings. The van der Waals surface area contributed by atoms with Crippen LogP contribution in [0.4, 0.5) is 4.39 Å². The van der Waals surface area contributed by atoms with Crippen molar-refractivity contribution in [1.82, 2.24) is 4.90 Å². The summed E-state index contributed by atoms with van der Waals surface area (Å²) in [6.45, 7) is 2.23. The number of hydrogen-bond acceptors (Lipinski definition) is 1. The van der Waals surface area contributed by atoms with Gasteiger partial charge in [-0.1, -0.05) is 13.3 Å². The molecule has 2 rings (SSSR count). The van der Waals surface area contributed by atoms with Crippen LogP contribution in [0.1, 0.15) is 49.4 Å². The SMILES string of the molecule is CCC1CCC(N(C)C(=O)c2cc(F)ccc2Br)CC1. The van der Waals surface area contributed by atoms with Crippen molar-refractivity contribution in [2.75, 3.05) is 7.05 Å². The predicted octanol–water partition coefficient (Wildman–Crippen LogP) is 4.63. The molecular formula is C16H21BrFNO. The number of benzene rings is 1. The number of amides is 1. The number of rotatable bonds is 3. The van der Waals surface area contributed by atoms with Gasteiger partial charge in [-0.25, -0.2) is 4.39 Å². The largest absolute Gasteiger partial charge is 0.339 e. The molecule has 1 fully saturated rings. The average molecular weight is 342 g/mol. The Kier molecular flexibility index (Phi) is 5.19. The smallest absolute Gasteiger partial charge is 0.255 e. The van der Waals surface area contributed by atoms with E-state index < -0.39 is 0 Å². The lowest BCUT2D eigenvalue weighted by atomic mass is 9.84. The van der Waals surface area contributed by atoms with Crippen molar-refractivity contribution in [1.29, 1.82) is 0 Å². The van der Waals surface area contributed by atoms with Crippen molar-refractivity contribution >= 4 is 21.8 Å². The minimum atomic E-state index is -0.375. The Morgan fingerprint density at radius 3 is 2.60 bits per heavy atom. The van der Waals surface area contributed by atoms with E-state index in [1.54, 1.807) is 11.0 Å². The molecule has 0 bridgehead atoms. The number of halogens is 2. The van der Waals surface area contributed by atoms with Gasteiger partial charge in [-0.2, -0.15) is 0 Å². The second-order valence-corrected chi connectivity index (χ2v) is 6.48. The van der Waals surface area contributed by atoms with Crippen LogP contribution >= 0.6 is 15.9 Å². The van der Waals surface area contributed by atoms with E-state index in [-0.39, 0.29) is 17.8 Å². The maximum atomic E-state index is 13.3. The minimum absolute atomic E-state index is 0.101. The van der Waals surface area contributed by atoms with E-state index in [4.69, 9.17) is 0 Å². The van der Waals surface area contributed by atoms with Crippen molar-refractivity contribution < 1.29 is 9.18 Å². The van der Waals surface area contributed by atoms with Crippen LogP contribution in [0, 0.1) is 11.7 Å². The number of carbonyl (C=O) groups excluding carboxylic acids is 1. The summed E-state index contributed by atoms with van der Waals surface area (Å²) >= 11 is 3.33. The minimum Gasteiger partial charge on any atom is -0.339 e. The first-order chi connectivity index (χ1) is 9.52. The summed E-state index contributed by atoms with van der Waals surface area (Å²) in [5, 5.41) is 0. The molecule has 1 aliphatic carbocycles. The second-order valence-electron chi connectivity index (χ2n) is 5.62. The molecule has 110 valence electrons. The van der Waals surface area contributed by atoms with Gasteiger partial charge in [0.2, 0.25) is 0 Å². The van der Waals surface area contributed by atoms with Crippen molar-refractivity contribution in [3.05, 3.63) is 34.1 Å². The van der Waals surface area contributed by atoms with Crippen LogP contribution in [-0.4, -0.2) is 23.9 Å². The molecule has 0 aromatic heterocycles. The Bertz CT molecular complexity index is 483.